The molecule has 1 fully saturated rings. The molecule has 98 valence electrons. The standard InChI is InChI=1S/C12H16N2O4/c1-8-5-9(2)7-13(6-8)12(15)10-3-4-11(18-10)14(16)17/h3-4,8-9H,5-7H2,1-2H3/t8-,9-/m0/s1. The van der Waals surface area contributed by atoms with Crippen LogP contribution < -0.4 is 0 Å². The van der Waals surface area contributed by atoms with E-state index in [1.165, 1.54) is 12.1 Å². The molecule has 6 nitrogen and oxygen atoms in total. The van der Waals surface area contributed by atoms with Crippen molar-refractivity contribution < 1.29 is 14.1 Å². The Bertz CT molecular complexity index is 458. The molecule has 2 atom stereocenters. The monoisotopic (exact) mass is 252 g/mol. The average Bonchev–Trinajstić information content (AvgIpc) is 2.75. The van der Waals surface area contributed by atoms with E-state index in [0.29, 0.717) is 24.9 Å². The lowest BCUT2D eigenvalue weighted by atomic mass is 9.92. The number of carbonyl (C=O) groups is 1. The molecule has 0 aliphatic carbocycles. The number of amides is 1. The van der Waals surface area contributed by atoms with Crippen molar-refractivity contribution in [1.82, 2.24) is 4.90 Å². The highest BCUT2D eigenvalue weighted by Crippen LogP contribution is 2.24. The zero-order valence-electron chi connectivity index (χ0n) is 10.5. The summed E-state index contributed by atoms with van der Waals surface area (Å²) in [7, 11) is 0. The van der Waals surface area contributed by atoms with Crippen LogP contribution in [0.3, 0.4) is 0 Å². The van der Waals surface area contributed by atoms with Crippen molar-refractivity contribution in [2.75, 3.05) is 13.1 Å². The lowest BCUT2D eigenvalue weighted by Gasteiger charge is -2.34. The highest BCUT2D eigenvalue weighted by atomic mass is 16.6. The molecule has 0 unspecified atom stereocenters. The van der Waals surface area contributed by atoms with Gasteiger partial charge in [0, 0.05) is 13.1 Å². The van der Waals surface area contributed by atoms with Gasteiger partial charge in [0.15, 0.2) is 5.76 Å². The number of furan rings is 1. The zero-order chi connectivity index (χ0) is 13.3. The normalized spacial score (nSPS) is 24.0. The second-order valence-electron chi connectivity index (χ2n) is 5.05. The fourth-order valence-corrected chi connectivity index (χ4v) is 2.53. The topological polar surface area (TPSA) is 76.6 Å². The largest absolute Gasteiger partial charge is 0.433 e. The van der Waals surface area contributed by atoms with E-state index in [1.54, 1.807) is 4.90 Å². The van der Waals surface area contributed by atoms with Gasteiger partial charge in [-0.1, -0.05) is 13.8 Å². The fourth-order valence-electron chi connectivity index (χ4n) is 2.53. The van der Waals surface area contributed by atoms with E-state index in [4.69, 9.17) is 4.42 Å². The number of hydrogen-bond acceptors (Lipinski definition) is 4. The van der Waals surface area contributed by atoms with Gasteiger partial charge in [0.1, 0.15) is 4.92 Å². The summed E-state index contributed by atoms with van der Waals surface area (Å²) in [5.41, 5.74) is 0. The summed E-state index contributed by atoms with van der Waals surface area (Å²) in [5.74, 6) is 0.284. The summed E-state index contributed by atoms with van der Waals surface area (Å²) in [6.45, 7) is 5.55. The van der Waals surface area contributed by atoms with Gasteiger partial charge in [-0.25, -0.2) is 0 Å². The molecule has 2 heterocycles. The molecule has 18 heavy (non-hydrogen) atoms. The number of carbonyl (C=O) groups excluding carboxylic acids is 1. The first kappa shape index (κ1) is 12.6. The Balaban J connectivity index is 2.12. The van der Waals surface area contributed by atoms with E-state index in [0.717, 1.165) is 6.42 Å². The molecule has 0 radical (unpaired) electrons. The Morgan fingerprint density at radius 1 is 1.39 bits per heavy atom. The van der Waals surface area contributed by atoms with Crippen molar-refractivity contribution in [2.45, 2.75) is 20.3 Å². The molecule has 0 spiro atoms. The van der Waals surface area contributed by atoms with Gasteiger partial charge in [0.2, 0.25) is 0 Å². The summed E-state index contributed by atoms with van der Waals surface area (Å²) < 4.78 is 4.94. The van der Waals surface area contributed by atoms with Gasteiger partial charge in [-0.05, 0) is 24.3 Å². The van der Waals surface area contributed by atoms with E-state index in [2.05, 4.69) is 13.8 Å². The maximum absolute atomic E-state index is 12.1. The molecular formula is C12H16N2O4. The Morgan fingerprint density at radius 3 is 2.50 bits per heavy atom. The Kier molecular flexibility index (Phi) is 3.36. The van der Waals surface area contributed by atoms with Crippen LogP contribution in [-0.4, -0.2) is 28.8 Å². The van der Waals surface area contributed by atoms with Crippen LogP contribution in [0.1, 0.15) is 30.8 Å². The smallest absolute Gasteiger partial charge is 0.395 e. The minimum Gasteiger partial charge on any atom is -0.395 e. The molecule has 1 aromatic heterocycles. The van der Waals surface area contributed by atoms with Crippen molar-refractivity contribution in [1.29, 1.82) is 0 Å². The lowest BCUT2D eigenvalue weighted by molar-refractivity contribution is -0.402. The van der Waals surface area contributed by atoms with Gasteiger partial charge in [-0.3, -0.25) is 14.9 Å². The third-order valence-electron chi connectivity index (χ3n) is 3.14. The molecule has 1 amide bonds. The number of nitrogens with zero attached hydrogens (tertiary/aromatic N) is 2. The van der Waals surface area contributed by atoms with Crippen molar-refractivity contribution in [3.63, 3.8) is 0 Å². The molecule has 0 bridgehead atoms. The van der Waals surface area contributed by atoms with Crippen molar-refractivity contribution in [2.24, 2.45) is 11.8 Å². The number of hydrogen-bond donors (Lipinski definition) is 0. The number of likely N-dealkylation sites (tertiary alicyclic amines) is 1. The maximum atomic E-state index is 12.1. The molecule has 0 aromatic carbocycles. The van der Waals surface area contributed by atoms with Crippen LogP contribution in [0.2, 0.25) is 0 Å². The number of nitro groups is 1. The summed E-state index contributed by atoms with van der Waals surface area (Å²) in [4.78, 5) is 23.7. The minimum atomic E-state index is -0.641. The first-order valence-electron chi connectivity index (χ1n) is 6.01. The Morgan fingerprint density at radius 2 is 2.00 bits per heavy atom. The number of piperidine rings is 1. The predicted molar refractivity (Wildman–Crippen MR) is 64.2 cm³/mol. The lowest BCUT2D eigenvalue weighted by Crippen LogP contribution is -2.42. The molecule has 1 aliphatic rings. The number of rotatable bonds is 2. The quantitative estimate of drug-likeness (QED) is 0.597. The van der Waals surface area contributed by atoms with Gasteiger partial charge >= 0.3 is 5.88 Å². The molecule has 2 rings (SSSR count). The molecule has 1 aliphatic heterocycles. The van der Waals surface area contributed by atoms with Crippen molar-refractivity contribution >= 4 is 11.8 Å². The van der Waals surface area contributed by atoms with Crippen LogP contribution in [0.25, 0.3) is 0 Å². The van der Waals surface area contributed by atoms with E-state index >= 15 is 0 Å². The minimum absolute atomic E-state index is 0.0444. The van der Waals surface area contributed by atoms with E-state index in [9.17, 15) is 14.9 Å². The van der Waals surface area contributed by atoms with Gasteiger partial charge in [0.05, 0.1) is 6.07 Å². The summed E-state index contributed by atoms with van der Waals surface area (Å²) in [5, 5.41) is 10.5. The second-order valence-corrected chi connectivity index (χ2v) is 5.05. The predicted octanol–water partition coefficient (Wildman–Crippen LogP) is 2.31. The Hall–Kier alpha value is -1.85. The first-order chi connectivity index (χ1) is 8.47. The zero-order valence-corrected chi connectivity index (χ0v) is 10.5. The highest BCUT2D eigenvalue weighted by molar-refractivity contribution is 5.91. The third kappa shape index (κ3) is 2.52. The molecular weight excluding hydrogens is 236 g/mol. The van der Waals surface area contributed by atoms with Gasteiger partial charge in [-0.2, -0.15) is 0 Å². The SMILES string of the molecule is C[C@H]1C[C@H](C)CN(C(=O)c2ccc([N+](=O)[O-])o2)C1. The average molecular weight is 252 g/mol. The molecule has 1 saturated heterocycles. The Labute approximate surface area is 105 Å². The van der Waals surface area contributed by atoms with Crippen LogP contribution in [0.4, 0.5) is 5.88 Å². The summed E-state index contributed by atoms with van der Waals surface area (Å²) in [6, 6.07) is 2.58. The van der Waals surface area contributed by atoms with E-state index in [-0.39, 0.29) is 11.7 Å². The van der Waals surface area contributed by atoms with Gasteiger partial charge in [-0.15, -0.1) is 0 Å². The van der Waals surface area contributed by atoms with Crippen LogP contribution >= 0.6 is 0 Å². The van der Waals surface area contributed by atoms with E-state index < -0.39 is 10.8 Å². The van der Waals surface area contributed by atoms with Gasteiger partial charge in [0.25, 0.3) is 5.91 Å². The van der Waals surface area contributed by atoms with Crippen LogP contribution in [0, 0.1) is 22.0 Å². The van der Waals surface area contributed by atoms with Crippen LogP contribution in [0.15, 0.2) is 16.5 Å². The van der Waals surface area contributed by atoms with Crippen LogP contribution in [0.5, 0.6) is 0 Å². The molecule has 0 N–H and O–H groups in total. The second kappa shape index (κ2) is 4.80. The van der Waals surface area contributed by atoms with Gasteiger partial charge < -0.3 is 9.32 Å². The van der Waals surface area contributed by atoms with Crippen LogP contribution in [-0.2, 0) is 0 Å². The molecule has 1 aromatic rings. The summed E-state index contributed by atoms with van der Waals surface area (Å²) >= 11 is 0. The molecule has 0 saturated carbocycles. The van der Waals surface area contributed by atoms with Crippen molar-refractivity contribution in [3.05, 3.63) is 28.0 Å². The highest BCUT2D eigenvalue weighted by Gasteiger charge is 2.28. The first-order valence-corrected chi connectivity index (χ1v) is 6.01. The summed E-state index contributed by atoms with van der Waals surface area (Å²) in [6.07, 6.45) is 1.10. The van der Waals surface area contributed by atoms with E-state index in [1.807, 2.05) is 0 Å². The molecule has 6 heteroatoms. The third-order valence-corrected chi connectivity index (χ3v) is 3.14. The maximum Gasteiger partial charge on any atom is 0.433 e. The van der Waals surface area contributed by atoms with Crippen molar-refractivity contribution in [3.8, 4) is 0 Å². The fraction of sp³-hybridized carbons (Fsp3) is 0.583.